The molecule has 1 aromatic heterocycles. The summed E-state index contributed by atoms with van der Waals surface area (Å²) >= 11 is 3.91. The SMILES string of the molecule is Cc1ncsc1CCOc1ccc(N)cc1I. The van der Waals surface area contributed by atoms with Crippen LogP contribution in [0.3, 0.4) is 0 Å². The van der Waals surface area contributed by atoms with E-state index in [0.717, 1.165) is 27.1 Å². The van der Waals surface area contributed by atoms with Crippen molar-refractivity contribution in [2.75, 3.05) is 12.3 Å². The number of anilines is 1. The van der Waals surface area contributed by atoms with E-state index < -0.39 is 0 Å². The first-order chi connectivity index (χ1) is 8.16. The van der Waals surface area contributed by atoms with Crippen molar-refractivity contribution in [3.63, 3.8) is 0 Å². The number of hydrogen-bond acceptors (Lipinski definition) is 4. The van der Waals surface area contributed by atoms with E-state index in [1.54, 1.807) is 11.3 Å². The maximum Gasteiger partial charge on any atom is 0.132 e. The van der Waals surface area contributed by atoms with Gasteiger partial charge in [0.25, 0.3) is 0 Å². The van der Waals surface area contributed by atoms with E-state index in [4.69, 9.17) is 10.5 Å². The number of thiazole rings is 1. The summed E-state index contributed by atoms with van der Waals surface area (Å²) in [4.78, 5) is 5.50. The molecule has 1 heterocycles. The second-order valence-corrected chi connectivity index (χ2v) is 5.75. The molecule has 17 heavy (non-hydrogen) atoms. The van der Waals surface area contributed by atoms with Crippen molar-refractivity contribution in [3.05, 3.63) is 37.9 Å². The first kappa shape index (κ1) is 12.6. The van der Waals surface area contributed by atoms with Crippen LogP contribution in [-0.2, 0) is 6.42 Å². The van der Waals surface area contributed by atoms with Crippen molar-refractivity contribution in [1.82, 2.24) is 4.98 Å². The monoisotopic (exact) mass is 360 g/mol. The second kappa shape index (κ2) is 5.68. The van der Waals surface area contributed by atoms with E-state index in [0.29, 0.717) is 6.61 Å². The molecule has 0 aliphatic carbocycles. The highest BCUT2D eigenvalue weighted by atomic mass is 127. The van der Waals surface area contributed by atoms with Gasteiger partial charge in [0.1, 0.15) is 5.75 Å². The lowest BCUT2D eigenvalue weighted by Gasteiger charge is -2.08. The van der Waals surface area contributed by atoms with Crippen LogP contribution in [0.15, 0.2) is 23.7 Å². The van der Waals surface area contributed by atoms with Gasteiger partial charge in [-0.15, -0.1) is 11.3 Å². The lowest BCUT2D eigenvalue weighted by Crippen LogP contribution is -2.02. The van der Waals surface area contributed by atoms with E-state index in [1.807, 2.05) is 30.6 Å². The van der Waals surface area contributed by atoms with E-state index in [2.05, 4.69) is 27.6 Å². The number of hydrogen-bond donors (Lipinski definition) is 1. The third kappa shape index (κ3) is 3.32. The van der Waals surface area contributed by atoms with Gasteiger partial charge < -0.3 is 10.5 Å². The van der Waals surface area contributed by atoms with Gasteiger partial charge in [-0.05, 0) is 47.7 Å². The van der Waals surface area contributed by atoms with Crippen LogP contribution in [0.2, 0.25) is 0 Å². The molecule has 2 N–H and O–H groups in total. The Morgan fingerprint density at radius 3 is 2.94 bits per heavy atom. The molecule has 0 spiro atoms. The summed E-state index contributed by atoms with van der Waals surface area (Å²) < 4.78 is 6.78. The maximum absolute atomic E-state index is 5.74. The standard InChI is InChI=1S/C12H13IN2OS/c1-8-12(17-7-15-8)4-5-16-11-3-2-9(14)6-10(11)13/h2-3,6-7H,4-5,14H2,1H3. The molecule has 1 aromatic carbocycles. The van der Waals surface area contributed by atoms with Crippen molar-refractivity contribution < 1.29 is 4.74 Å². The molecular formula is C12H13IN2OS. The van der Waals surface area contributed by atoms with Crippen LogP contribution >= 0.6 is 33.9 Å². The van der Waals surface area contributed by atoms with Crippen LogP contribution in [0.1, 0.15) is 10.6 Å². The summed E-state index contributed by atoms with van der Waals surface area (Å²) in [5, 5.41) is 0. The molecular weight excluding hydrogens is 347 g/mol. The molecule has 90 valence electrons. The average molecular weight is 360 g/mol. The van der Waals surface area contributed by atoms with E-state index in [-0.39, 0.29) is 0 Å². The van der Waals surface area contributed by atoms with Gasteiger partial charge in [0, 0.05) is 17.0 Å². The van der Waals surface area contributed by atoms with Crippen LogP contribution in [-0.4, -0.2) is 11.6 Å². The van der Waals surface area contributed by atoms with Crippen molar-refractivity contribution >= 4 is 39.6 Å². The smallest absolute Gasteiger partial charge is 0.132 e. The molecule has 0 radical (unpaired) electrons. The Balaban J connectivity index is 1.92. The van der Waals surface area contributed by atoms with Gasteiger partial charge in [0.15, 0.2) is 0 Å². The first-order valence-corrected chi connectivity index (χ1v) is 7.19. The molecule has 0 aliphatic heterocycles. The number of ether oxygens (including phenoxy) is 1. The quantitative estimate of drug-likeness (QED) is 0.673. The Hall–Kier alpha value is -0.820. The molecule has 0 atom stereocenters. The summed E-state index contributed by atoms with van der Waals surface area (Å²) in [6.45, 7) is 2.70. The predicted molar refractivity (Wildman–Crippen MR) is 79.6 cm³/mol. The van der Waals surface area contributed by atoms with Crippen molar-refractivity contribution in [3.8, 4) is 5.75 Å². The van der Waals surface area contributed by atoms with E-state index in [9.17, 15) is 0 Å². The summed E-state index contributed by atoms with van der Waals surface area (Å²) in [6.07, 6.45) is 0.900. The molecule has 2 rings (SSSR count). The number of nitrogens with zero attached hydrogens (tertiary/aromatic N) is 1. The number of benzene rings is 1. The minimum Gasteiger partial charge on any atom is -0.492 e. The molecule has 0 aliphatic rings. The highest BCUT2D eigenvalue weighted by Gasteiger charge is 2.04. The first-order valence-electron chi connectivity index (χ1n) is 5.23. The highest BCUT2D eigenvalue weighted by Crippen LogP contribution is 2.23. The lowest BCUT2D eigenvalue weighted by molar-refractivity contribution is 0.320. The maximum atomic E-state index is 5.74. The number of aromatic nitrogens is 1. The Labute approximate surface area is 118 Å². The van der Waals surface area contributed by atoms with Gasteiger partial charge in [-0.1, -0.05) is 0 Å². The van der Waals surface area contributed by atoms with Gasteiger partial charge in [-0.2, -0.15) is 0 Å². The largest absolute Gasteiger partial charge is 0.492 e. The summed E-state index contributed by atoms with van der Waals surface area (Å²) in [5.74, 6) is 0.891. The lowest BCUT2D eigenvalue weighted by atomic mass is 10.3. The molecule has 0 saturated heterocycles. The molecule has 0 fully saturated rings. The van der Waals surface area contributed by atoms with Crippen LogP contribution in [0.5, 0.6) is 5.75 Å². The van der Waals surface area contributed by atoms with Crippen molar-refractivity contribution in [1.29, 1.82) is 0 Å². The molecule has 5 heteroatoms. The number of nitrogens with two attached hydrogens (primary N) is 1. The van der Waals surface area contributed by atoms with Gasteiger partial charge in [-0.3, -0.25) is 0 Å². The van der Waals surface area contributed by atoms with E-state index in [1.165, 1.54) is 4.88 Å². The van der Waals surface area contributed by atoms with Gasteiger partial charge in [0.2, 0.25) is 0 Å². The third-order valence-corrected chi connectivity index (χ3v) is 4.23. The zero-order chi connectivity index (χ0) is 12.3. The van der Waals surface area contributed by atoms with Crippen LogP contribution in [0.4, 0.5) is 5.69 Å². The summed E-state index contributed by atoms with van der Waals surface area (Å²) in [7, 11) is 0. The van der Waals surface area contributed by atoms with Crippen molar-refractivity contribution in [2.45, 2.75) is 13.3 Å². The van der Waals surface area contributed by atoms with Crippen LogP contribution in [0, 0.1) is 10.5 Å². The Bertz CT molecular complexity index is 513. The minimum atomic E-state index is 0.670. The highest BCUT2D eigenvalue weighted by molar-refractivity contribution is 14.1. The Kier molecular flexibility index (Phi) is 4.22. The molecule has 0 amide bonds. The molecule has 0 bridgehead atoms. The van der Waals surface area contributed by atoms with Gasteiger partial charge >= 0.3 is 0 Å². The van der Waals surface area contributed by atoms with E-state index >= 15 is 0 Å². The third-order valence-electron chi connectivity index (χ3n) is 2.39. The topological polar surface area (TPSA) is 48.1 Å². The normalized spacial score (nSPS) is 10.5. The molecule has 3 nitrogen and oxygen atoms in total. The molecule has 0 unspecified atom stereocenters. The Morgan fingerprint density at radius 2 is 2.29 bits per heavy atom. The van der Waals surface area contributed by atoms with Crippen molar-refractivity contribution in [2.24, 2.45) is 0 Å². The number of aryl methyl sites for hydroxylation is 1. The fourth-order valence-electron chi connectivity index (χ4n) is 1.45. The zero-order valence-electron chi connectivity index (χ0n) is 9.44. The van der Waals surface area contributed by atoms with Gasteiger partial charge in [0.05, 0.1) is 21.4 Å². The Morgan fingerprint density at radius 1 is 1.47 bits per heavy atom. The minimum absolute atomic E-state index is 0.670. The summed E-state index contributed by atoms with van der Waals surface area (Å²) in [5.41, 5.74) is 9.43. The molecule has 2 aromatic rings. The number of halogens is 1. The van der Waals surface area contributed by atoms with Crippen LogP contribution in [0.25, 0.3) is 0 Å². The van der Waals surface area contributed by atoms with Crippen LogP contribution < -0.4 is 10.5 Å². The second-order valence-electron chi connectivity index (χ2n) is 3.65. The van der Waals surface area contributed by atoms with Gasteiger partial charge in [-0.25, -0.2) is 4.98 Å². The number of nitrogen functional groups attached to an aromatic ring is 1. The fourth-order valence-corrected chi connectivity index (χ4v) is 2.91. The molecule has 0 saturated carbocycles. The summed E-state index contributed by atoms with van der Waals surface area (Å²) in [6, 6.07) is 5.68. The zero-order valence-corrected chi connectivity index (χ0v) is 12.4. The average Bonchev–Trinajstić information content (AvgIpc) is 2.68. The number of rotatable bonds is 4. The predicted octanol–water partition coefficient (Wildman–Crippen LogP) is 3.26. The fraction of sp³-hybridized carbons (Fsp3) is 0.250.